The van der Waals surface area contributed by atoms with E-state index in [9.17, 15) is 0 Å². The quantitative estimate of drug-likeness (QED) is 0.143. The van der Waals surface area contributed by atoms with Crippen LogP contribution < -0.4 is 0 Å². The van der Waals surface area contributed by atoms with Gasteiger partial charge in [-0.25, -0.2) is 4.85 Å². The first kappa shape index (κ1) is 25.7. The summed E-state index contributed by atoms with van der Waals surface area (Å²) < 4.78 is 2.47. The van der Waals surface area contributed by atoms with Crippen LogP contribution in [0.4, 0.5) is 5.69 Å². The molecule has 9 rings (SSSR count). The SMILES string of the molecule is [C-]#[N+]c1ccc2sc3ccc(-c4ccc(-c5cc6c7ccccc7c(-c7ccccc7)cc6c6ccccc56)cc4)cc3c2c1. The molecule has 0 N–H and O–H groups in total. The molecule has 0 aliphatic rings. The van der Waals surface area contributed by atoms with Crippen molar-refractivity contribution in [2.24, 2.45) is 0 Å². The third-order valence-corrected chi connectivity index (χ3v) is 10.2. The van der Waals surface area contributed by atoms with Gasteiger partial charge in [-0.15, -0.1) is 11.3 Å². The van der Waals surface area contributed by atoms with Crippen molar-refractivity contribution in [2.45, 2.75) is 0 Å². The second-order valence-electron chi connectivity index (χ2n) is 11.6. The average molecular weight is 588 g/mol. The summed E-state index contributed by atoms with van der Waals surface area (Å²) in [5.41, 5.74) is 8.00. The van der Waals surface area contributed by atoms with Crippen molar-refractivity contribution >= 4 is 69.5 Å². The van der Waals surface area contributed by atoms with E-state index in [1.54, 1.807) is 11.3 Å². The molecule has 0 atom stereocenters. The van der Waals surface area contributed by atoms with Crippen LogP contribution in [-0.4, -0.2) is 0 Å². The molecule has 1 heterocycles. The molecule has 8 aromatic carbocycles. The van der Waals surface area contributed by atoms with E-state index in [1.807, 2.05) is 12.1 Å². The molecule has 45 heavy (non-hydrogen) atoms. The van der Waals surface area contributed by atoms with Crippen LogP contribution in [-0.2, 0) is 0 Å². The lowest BCUT2D eigenvalue weighted by Crippen LogP contribution is -1.89. The Morgan fingerprint density at radius 3 is 1.47 bits per heavy atom. The van der Waals surface area contributed by atoms with Crippen LogP contribution in [0, 0.1) is 6.57 Å². The highest BCUT2D eigenvalue weighted by Gasteiger charge is 2.15. The number of thiophene rings is 1. The molecule has 0 aliphatic heterocycles. The second kappa shape index (κ2) is 10.2. The molecule has 1 nitrogen and oxygen atoms in total. The highest BCUT2D eigenvalue weighted by molar-refractivity contribution is 7.25. The molecule has 2 heteroatoms. The summed E-state index contributed by atoms with van der Waals surface area (Å²) in [6.07, 6.45) is 0. The summed E-state index contributed by atoms with van der Waals surface area (Å²) in [5, 5.41) is 10.00. The first-order valence-corrected chi connectivity index (χ1v) is 15.9. The minimum Gasteiger partial charge on any atom is -0.238 e. The van der Waals surface area contributed by atoms with Crippen molar-refractivity contribution in [3.8, 4) is 33.4 Å². The number of hydrogen-bond donors (Lipinski definition) is 0. The Morgan fingerprint density at radius 1 is 0.356 bits per heavy atom. The number of fused-ring (bicyclic) bond motifs is 8. The highest BCUT2D eigenvalue weighted by Crippen LogP contribution is 2.42. The molecule has 1 aromatic heterocycles. The molecule has 0 fully saturated rings. The van der Waals surface area contributed by atoms with Crippen LogP contribution in [0.2, 0.25) is 0 Å². The fourth-order valence-electron chi connectivity index (χ4n) is 6.90. The van der Waals surface area contributed by atoms with Gasteiger partial charge in [0.2, 0.25) is 0 Å². The van der Waals surface area contributed by atoms with Crippen LogP contribution in [0.5, 0.6) is 0 Å². The second-order valence-corrected chi connectivity index (χ2v) is 12.7. The van der Waals surface area contributed by atoms with Crippen LogP contribution in [0.3, 0.4) is 0 Å². The molecular weight excluding hydrogens is 563 g/mol. The third kappa shape index (κ3) is 4.14. The number of hydrogen-bond acceptors (Lipinski definition) is 1. The van der Waals surface area contributed by atoms with Gasteiger partial charge in [-0.05, 0) is 107 Å². The largest absolute Gasteiger partial charge is 0.238 e. The van der Waals surface area contributed by atoms with E-state index in [1.165, 1.54) is 80.5 Å². The Labute approximate surface area is 265 Å². The molecule has 0 spiro atoms. The Kier molecular flexibility index (Phi) is 5.81. The third-order valence-electron chi connectivity index (χ3n) is 9.08. The fraction of sp³-hybridized carbons (Fsp3) is 0. The molecule has 208 valence electrons. The Morgan fingerprint density at radius 2 is 0.844 bits per heavy atom. The van der Waals surface area contributed by atoms with Crippen molar-refractivity contribution in [2.75, 3.05) is 0 Å². The predicted molar refractivity (Wildman–Crippen MR) is 194 cm³/mol. The predicted octanol–water partition coefficient (Wildman–Crippen LogP) is 13.1. The zero-order valence-electron chi connectivity index (χ0n) is 24.3. The maximum absolute atomic E-state index is 7.46. The Bertz CT molecular complexity index is 2640. The summed E-state index contributed by atoms with van der Waals surface area (Å²) >= 11 is 1.78. The monoisotopic (exact) mass is 587 g/mol. The summed E-state index contributed by atoms with van der Waals surface area (Å²) in [4.78, 5) is 3.66. The van der Waals surface area contributed by atoms with Crippen molar-refractivity contribution in [3.63, 3.8) is 0 Å². The van der Waals surface area contributed by atoms with E-state index in [4.69, 9.17) is 6.57 Å². The minimum atomic E-state index is 0.684. The van der Waals surface area contributed by atoms with Gasteiger partial charge in [0.1, 0.15) is 0 Å². The van der Waals surface area contributed by atoms with Gasteiger partial charge in [-0.2, -0.15) is 0 Å². The first-order valence-electron chi connectivity index (χ1n) is 15.1. The van der Waals surface area contributed by atoms with Gasteiger partial charge in [-0.1, -0.05) is 121 Å². The van der Waals surface area contributed by atoms with Gasteiger partial charge in [0, 0.05) is 9.40 Å². The van der Waals surface area contributed by atoms with Crippen LogP contribution in [0.15, 0.2) is 152 Å². The maximum atomic E-state index is 7.46. The van der Waals surface area contributed by atoms with Crippen molar-refractivity contribution in [1.82, 2.24) is 0 Å². The van der Waals surface area contributed by atoms with E-state index in [-0.39, 0.29) is 0 Å². The Balaban J connectivity index is 1.21. The fourth-order valence-corrected chi connectivity index (χ4v) is 7.97. The lowest BCUT2D eigenvalue weighted by molar-refractivity contribution is 1.63. The van der Waals surface area contributed by atoms with Crippen molar-refractivity contribution in [1.29, 1.82) is 0 Å². The van der Waals surface area contributed by atoms with Crippen LogP contribution >= 0.6 is 11.3 Å². The maximum Gasteiger partial charge on any atom is 0.187 e. The topological polar surface area (TPSA) is 4.36 Å². The molecule has 0 amide bonds. The van der Waals surface area contributed by atoms with E-state index in [2.05, 4.69) is 144 Å². The van der Waals surface area contributed by atoms with E-state index in [0.717, 1.165) is 5.39 Å². The van der Waals surface area contributed by atoms with Crippen molar-refractivity contribution in [3.05, 3.63) is 163 Å². The number of benzene rings is 8. The van der Waals surface area contributed by atoms with Gasteiger partial charge in [-0.3, -0.25) is 0 Å². The summed E-state index contributed by atoms with van der Waals surface area (Å²) in [7, 11) is 0. The van der Waals surface area contributed by atoms with E-state index in [0.29, 0.717) is 5.69 Å². The lowest BCUT2D eigenvalue weighted by Gasteiger charge is -2.16. The molecule has 0 unspecified atom stereocenters. The van der Waals surface area contributed by atoms with Crippen LogP contribution in [0.1, 0.15) is 0 Å². The molecule has 9 aromatic rings. The lowest BCUT2D eigenvalue weighted by atomic mass is 9.87. The summed E-state index contributed by atoms with van der Waals surface area (Å²) in [5.74, 6) is 0. The van der Waals surface area contributed by atoms with Crippen molar-refractivity contribution < 1.29 is 0 Å². The minimum absolute atomic E-state index is 0.684. The first-order chi connectivity index (χ1) is 22.2. The van der Waals surface area contributed by atoms with E-state index < -0.39 is 0 Å². The standard InChI is InChI=1S/C43H25NS/c1-44-31-20-22-43-41(24-31)40-23-30(19-21-42(40)45-43)27-15-17-29(18-16-27)37-26-39-34-13-7-5-11-32(34)36(28-9-3-2-4-10-28)25-38(39)35-14-8-6-12-33(35)37/h2-26H. The average Bonchev–Trinajstić information content (AvgIpc) is 3.48. The zero-order valence-corrected chi connectivity index (χ0v) is 25.1. The highest BCUT2D eigenvalue weighted by atomic mass is 32.1. The normalized spacial score (nSPS) is 11.5. The van der Waals surface area contributed by atoms with E-state index >= 15 is 0 Å². The number of nitrogens with zero attached hydrogens (tertiary/aromatic N) is 1. The van der Waals surface area contributed by atoms with Gasteiger partial charge in [0.15, 0.2) is 5.69 Å². The molecular formula is C43H25NS. The molecule has 0 aliphatic carbocycles. The van der Waals surface area contributed by atoms with Gasteiger partial charge >= 0.3 is 0 Å². The van der Waals surface area contributed by atoms with Gasteiger partial charge < -0.3 is 0 Å². The van der Waals surface area contributed by atoms with Crippen LogP contribution in [0.25, 0.3) is 90.7 Å². The Hall–Kier alpha value is -5.75. The number of rotatable bonds is 3. The smallest absolute Gasteiger partial charge is 0.187 e. The molecule has 0 radical (unpaired) electrons. The molecule has 0 saturated heterocycles. The zero-order chi connectivity index (χ0) is 29.9. The molecule has 0 saturated carbocycles. The summed E-state index contributed by atoms with van der Waals surface area (Å²) in [6, 6.07) is 54.8. The molecule has 0 bridgehead atoms. The van der Waals surface area contributed by atoms with Gasteiger partial charge in [0.05, 0.1) is 6.57 Å². The summed E-state index contributed by atoms with van der Waals surface area (Å²) in [6.45, 7) is 7.46. The van der Waals surface area contributed by atoms with Gasteiger partial charge in [0.25, 0.3) is 0 Å².